The van der Waals surface area contributed by atoms with E-state index in [0.717, 1.165) is 47.1 Å². The predicted molar refractivity (Wildman–Crippen MR) is 400 cm³/mol. The largest absolute Gasteiger partial charge is 1.00 e. The summed E-state index contributed by atoms with van der Waals surface area (Å²) >= 11 is 0. The van der Waals surface area contributed by atoms with E-state index in [4.69, 9.17) is 18.0 Å². The van der Waals surface area contributed by atoms with E-state index in [1.807, 2.05) is 151 Å². The maximum atomic E-state index is 14.3. The Labute approximate surface area is 653 Å². The summed E-state index contributed by atoms with van der Waals surface area (Å²) in [5.41, 5.74) is 2.32. The van der Waals surface area contributed by atoms with Crippen LogP contribution in [-0.4, -0.2) is 175 Å². The molecule has 0 aliphatic carbocycles. The molecule has 0 spiro atoms. The summed E-state index contributed by atoms with van der Waals surface area (Å²) < 4.78 is 49.4. The molecule has 2 saturated heterocycles. The van der Waals surface area contributed by atoms with Gasteiger partial charge in [0.1, 0.15) is 35.4 Å². The molecule has 2 aliphatic heterocycles. The number of likely N-dealkylation sites (N-methyl/N-ethyl adjacent to an activating group) is 1. The fourth-order valence-corrected chi connectivity index (χ4v) is 12.1. The van der Waals surface area contributed by atoms with Crippen LogP contribution in [0.1, 0.15) is 154 Å². The van der Waals surface area contributed by atoms with Gasteiger partial charge in [-0.1, -0.05) is 171 Å². The summed E-state index contributed by atoms with van der Waals surface area (Å²) in [5.74, 6) is -1.28. The van der Waals surface area contributed by atoms with Crippen molar-refractivity contribution in [2.24, 2.45) is 16.7 Å². The number of amides is 7. The summed E-state index contributed by atoms with van der Waals surface area (Å²) in [6.07, 6.45) is 10.0. The van der Waals surface area contributed by atoms with E-state index in [1.54, 1.807) is 79.1 Å². The third-order valence-electron chi connectivity index (χ3n) is 18.6. The number of aromatic nitrogens is 3. The van der Waals surface area contributed by atoms with Crippen molar-refractivity contribution in [1.29, 1.82) is 0 Å². The first kappa shape index (κ1) is 87.2. The fourth-order valence-electron chi connectivity index (χ4n) is 12.1. The molecule has 572 valence electrons. The number of nitrogens with one attached hydrogen (secondary N) is 2. The van der Waals surface area contributed by atoms with Gasteiger partial charge in [0.15, 0.2) is 17.3 Å². The predicted octanol–water partition coefficient (Wildman–Crippen LogP) is 10.3. The van der Waals surface area contributed by atoms with Crippen LogP contribution >= 0.6 is 0 Å². The van der Waals surface area contributed by atoms with Gasteiger partial charge < -0.3 is 58.5 Å². The quantitative estimate of drug-likeness (QED) is 0.0420. The van der Waals surface area contributed by atoms with Crippen molar-refractivity contribution in [2.75, 3.05) is 46.3 Å². The molecule has 3 N–H and O–H groups in total. The number of likely N-dealkylation sites (tertiary alicyclic amines) is 2. The van der Waals surface area contributed by atoms with Gasteiger partial charge in [0.05, 0.1) is 24.5 Å². The van der Waals surface area contributed by atoms with E-state index in [-0.39, 0.29) is 126 Å². The fraction of sp³-hybridized carbons (Fsp3) is 0.427. The second-order valence-electron chi connectivity index (χ2n) is 29.9. The first-order valence-corrected chi connectivity index (χ1v) is 36.0. The smallest absolute Gasteiger partial charge is 0.870 e. The van der Waals surface area contributed by atoms with Gasteiger partial charge in [0.25, 0.3) is 11.8 Å². The molecule has 23 nitrogen and oxygen atoms in total. The van der Waals surface area contributed by atoms with Gasteiger partial charge in [0, 0.05) is 81.0 Å². The number of nitrogens with zero attached hydrogens (tertiary/aromatic N) is 8. The normalized spacial score (nSPS) is 15.2. The summed E-state index contributed by atoms with van der Waals surface area (Å²) in [4.78, 5) is 126. The van der Waals surface area contributed by atoms with Crippen molar-refractivity contribution in [1.82, 2.24) is 50.1 Å². The number of halogens is 2. The minimum Gasteiger partial charge on any atom is -0.870 e. The Balaban J connectivity index is 0.000000286. The third kappa shape index (κ3) is 24.7. The van der Waals surface area contributed by atoms with Crippen molar-refractivity contribution < 1.29 is 100 Å². The van der Waals surface area contributed by atoms with Crippen LogP contribution in [0.4, 0.5) is 13.6 Å². The summed E-state index contributed by atoms with van der Waals surface area (Å²) in [6.45, 7) is 24.2. The van der Waals surface area contributed by atoms with Crippen LogP contribution in [0.5, 0.6) is 0 Å². The SMILES string of the molecule is CC[C@@H](C)C(=O)N[C@H](C(=O)N1CCC[C@H]1CN(CCc1ccc(F)cc1)C(=O)c1ncc(-c2ccccc2)o1)C(C)(C)C.C[C@@H](C(=O)N[C@H](C(=O)N1CCC[C@H]1CN(CCc1ccc(F)cc1)C(=O)c1ncc(-c2ccccc2)o1)C(C)(C)C)N(C)C(=O)OC(C)(C)C.O=[C-]c1ncc(-c2ccccc2)o1.[Na+].[OH-]. The van der Waals surface area contributed by atoms with Gasteiger partial charge in [0.2, 0.25) is 23.6 Å². The first-order chi connectivity index (χ1) is 50.3. The molecule has 2 fully saturated rings. The molecule has 10 rings (SSSR count). The topological polar surface area (TPSA) is 294 Å². The Kier molecular flexibility index (Phi) is 32.3. The maximum Gasteiger partial charge on any atom is 1.00 e. The minimum atomic E-state index is -0.909. The minimum absolute atomic E-state index is 0. The van der Waals surface area contributed by atoms with Gasteiger partial charge in [-0.3, -0.25) is 38.7 Å². The summed E-state index contributed by atoms with van der Waals surface area (Å²) in [6, 6.07) is 37.5. The van der Waals surface area contributed by atoms with Crippen LogP contribution in [0.3, 0.4) is 0 Å². The van der Waals surface area contributed by atoms with Crippen LogP contribution in [0.2, 0.25) is 0 Å². The van der Waals surface area contributed by atoms with Crippen molar-refractivity contribution >= 4 is 47.8 Å². The van der Waals surface area contributed by atoms with Gasteiger partial charge in [-0.15, -0.1) is 0 Å². The van der Waals surface area contributed by atoms with Gasteiger partial charge in [-0.05, 0) is 119 Å². The molecule has 2 aliphatic rings. The number of rotatable bonds is 24. The Morgan fingerprint density at radius 3 is 1.29 bits per heavy atom. The molecule has 8 aromatic rings. The molecular formula is C82H100F2N10NaO13-. The van der Waals surface area contributed by atoms with E-state index < -0.39 is 52.5 Å². The molecule has 3 aromatic heterocycles. The van der Waals surface area contributed by atoms with E-state index in [1.165, 1.54) is 48.6 Å². The molecular weight excluding hydrogens is 1390 g/mol. The van der Waals surface area contributed by atoms with Crippen molar-refractivity contribution in [2.45, 2.75) is 164 Å². The Hall–Kier alpha value is -9.69. The Morgan fingerprint density at radius 2 is 0.935 bits per heavy atom. The van der Waals surface area contributed by atoms with Crippen molar-refractivity contribution in [3.63, 3.8) is 0 Å². The van der Waals surface area contributed by atoms with E-state index in [9.17, 15) is 47.1 Å². The zero-order valence-electron chi connectivity index (χ0n) is 64.3. The zero-order valence-corrected chi connectivity index (χ0v) is 66.3. The van der Waals surface area contributed by atoms with Crippen molar-refractivity contribution in [3.05, 3.63) is 199 Å². The molecule has 0 radical (unpaired) electrons. The second kappa shape index (κ2) is 40.0. The molecule has 5 aromatic carbocycles. The number of benzene rings is 5. The third-order valence-corrected chi connectivity index (χ3v) is 18.6. The molecule has 7 amide bonds. The van der Waals surface area contributed by atoms with Crippen LogP contribution in [0, 0.1) is 28.4 Å². The van der Waals surface area contributed by atoms with Crippen molar-refractivity contribution in [3.8, 4) is 34.0 Å². The zero-order chi connectivity index (χ0) is 77.0. The number of oxazole rings is 3. The van der Waals surface area contributed by atoms with Crippen LogP contribution in [0.25, 0.3) is 34.0 Å². The van der Waals surface area contributed by atoms with Gasteiger partial charge in [-0.25, -0.2) is 23.5 Å². The van der Waals surface area contributed by atoms with Crippen LogP contribution < -0.4 is 40.2 Å². The standard InChI is InChI=1S/C38H50FN5O6.C34H43FN4O4.C10H6NO2.Na.H2O/c1-25(42(8)36(48)50-38(5,6)7)32(45)41-31(37(2,3)4)34(46)44-21-12-15-29(44)24-43(22-20-26-16-18-28(39)19-17-26)35(47)33-40-23-30(49-33)27-13-10-9-11-14-27;1-6-23(2)30(40)37-29(34(3,4)5)32(41)39-19-10-13-27(39)22-38(20-18-24-14-16-26(35)17-15-24)33(42)31-36-21-28(43-31)25-11-8-7-9-12-25;12-7-10-11-6-9(13-10)8-4-2-1-3-5-8;;/h9-11,13-14,16-19,23,25,29,31H,12,15,20-22,24H2,1-8H3,(H,41,45);7-9,11-12,14-17,21,23,27,29H,6,10,13,18-20,22H2,1-5H3,(H,37,40);1-6H;;1H2/q;;-1;+1;/p-1/t25-,29-,31+;23-,27+,29-;;;/m01.../s1. The monoisotopic (exact) mass is 1490 g/mol. The summed E-state index contributed by atoms with van der Waals surface area (Å²) in [7, 11) is 1.48. The molecule has 0 bridgehead atoms. The van der Waals surface area contributed by atoms with E-state index >= 15 is 0 Å². The number of ether oxygens (including phenoxy) is 1. The maximum absolute atomic E-state index is 14.3. The molecule has 0 saturated carbocycles. The van der Waals surface area contributed by atoms with Gasteiger partial charge in [-0.2, -0.15) is 6.29 Å². The van der Waals surface area contributed by atoms with Crippen LogP contribution in [-0.2, 0) is 41.6 Å². The number of carbonyl (C=O) groups is 7. The molecule has 108 heavy (non-hydrogen) atoms. The molecule has 6 atom stereocenters. The number of hydrogen-bond acceptors (Lipinski definition) is 16. The average Bonchev–Trinajstić information content (AvgIpc) is 1.70. The number of hydrogen-bond donors (Lipinski definition) is 2. The summed E-state index contributed by atoms with van der Waals surface area (Å²) in [5, 5.41) is 5.92. The first-order valence-electron chi connectivity index (χ1n) is 36.0. The Bertz CT molecular complexity index is 4220. The molecule has 5 heterocycles. The number of carbonyl (C=O) groups excluding carboxylic acids is 8. The van der Waals surface area contributed by atoms with E-state index in [0.29, 0.717) is 62.6 Å². The molecule has 0 unspecified atom stereocenters. The Morgan fingerprint density at radius 1 is 0.565 bits per heavy atom. The second-order valence-corrected chi connectivity index (χ2v) is 29.9. The van der Waals surface area contributed by atoms with Gasteiger partial charge >= 0.3 is 47.5 Å². The van der Waals surface area contributed by atoms with E-state index in [2.05, 4.69) is 25.6 Å². The average molecular weight is 1490 g/mol. The molecule has 26 heteroatoms. The van der Waals surface area contributed by atoms with Crippen LogP contribution in [0.15, 0.2) is 171 Å².